The van der Waals surface area contributed by atoms with E-state index in [-0.39, 0.29) is 11.9 Å². The average molecular weight is 265 g/mol. The molecule has 2 atom stereocenters. The van der Waals surface area contributed by atoms with Crippen molar-refractivity contribution in [3.05, 3.63) is 0 Å². The molecular weight excluding hydrogens is 242 g/mol. The predicted molar refractivity (Wildman–Crippen MR) is 73.4 cm³/mol. The smallest absolute Gasteiger partial charge is 0.308 e. The standard InChI is InChI=1S/C15H23NO3/c1-2-3-4-8-11-14(17)16-13-10-7-5-6-9-12(13)15(18)19/h1,12-13H,3-11H2,(H,16,17)(H,18,19). The van der Waals surface area contributed by atoms with Crippen LogP contribution in [0.15, 0.2) is 0 Å². The minimum atomic E-state index is -0.792. The van der Waals surface area contributed by atoms with Gasteiger partial charge in [-0.2, -0.15) is 0 Å². The van der Waals surface area contributed by atoms with Gasteiger partial charge in [-0.25, -0.2) is 0 Å². The largest absolute Gasteiger partial charge is 0.481 e. The molecule has 0 saturated heterocycles. The van der Waals surface area contributed by atoms with Gasteiger partial charge >= 0.3 is 5.97 Å². The number of hydrogen-bond acceptors (Lipinski definition) is 2. The Morgan fingerprint density at radius 1 is 1.21 bits per heavy atom. The van der Waals surface area contributed by atoms with Crippen LogP contribution >= 0.6 is 0 Å². The monoisotopic (exact) mass is 265 g/mol. The van der Waals surface area contributed by atoms with E-state index in [0.717, 1.165) is 38.5 Å². The first-order chi connectivity index (χ1) is 9.15. The summed E-state index contributed by atoms with van der Waals surface area (Å²) in [6.07, 6.45) is 12.3. The summed E-state index contributed by atoms with van der Waals surface area (Å²) in [5, 5.41) is 12.1. The molecular formula is C15H23NO3. The fourth-order valence-electron chi connectivity index (χ4n) is 2.57. The molecule has 1 aliphatic carbocycles. The zero-order chi connectivity index (χ0) is 14.1. The third-order valence-corrected chi connectivity index (χ3v) is 3.65. The molecule has 2 unspecified atom stereocenters. The number of terminal acetylenes is 1. The molecule has 19 heavy (non-hydrogen) atoms. The number of carboxylic acid groups (broad SMARTS) is 1. The molecule has 0 heterocycles. The Hall–Kier alpha value is -1.50. The Kier molecular flexibility index (Phi) is 7.02. The quantitative estimate of drug-likeness (QED) is 0.440. The summed E-state index contributed by atoms with van der Waals surface area (Å²) >= 11 is 0. The fraction of sp³-hybridized carbons (Fsp3) is 0.733. The number of rotatable bonds is 6. The van der Waals surface area contributed by atoms with Crippen LogP contribution in [-0.4, -0.2) is 23.0 Å². The van der Waals surface area contributed by atoms with Crippen molar-refractivity contribution in [2.45, 2.75) is 63.8 Å². The van der Waals surface area contributed by atoms with Gasteiger partial charge in [0.1, 0.15) is 0 Å². The molecule has 1 amide bonds. The number of aliphatic carboxylic acids is 1. The topological polar surface area (TPSA) is 66.4 Å². The molecule has 1 fully saturated rings. The molecule has 4 heteroatoms. The first kappa shape index (κ1) is 15.6. The van der Waals surface area contributed by atoms with E-state index in [4.69, 9.17) is 6.42 Å². The number of unbranched alkanes of at least 4 members (excludes halogenated alkanes) is 2. The van der Waals surface area contributed by atoms with Crippen LogP contribution in [0.1, 0.15) is 57.8 Å². The van der Waals surface area contributed by atoms with Gasteiger partial charge in [0, 0.05) is 18.9 Å². The van der Waals surface area contributed by atoms with E-state index in [1.165, 1.54) is 0 Å². The highest BCUT2D eigenvalue weighted by Crippen LogP contribution is 2.24. The second-order valence-corrected chi connectivity index (χ2v) is 5.17. The van der Waals surface area contributed by atoms with E-state index < -0.39 is 11.9 Å². The van der Waals surface area contributed by atoms with Crippen molar-refractivity contribution in [2.24, 2.45) is 5.92 Å². The summed E-state index contributed by atoms with van der Waals surface area (Å²) < 4.78 is 0. The number of amides is 1. The van der Waals surface area contributed by atoms with Crippen molar-refractivity contribution in [3.8, 4) is 12.3 Å². The van der Waals surface area contributed by atoms with Crippen LogP contribution in [-0.2, 0) is 9.59 Å². The first-order valence-corrected chi connectivity index (χ1v) is 7.10. The maximum atomic E-state index is 11.8. The van der Waals surface area contributed by atoms with Crippen molar-refractivity contribution in [3.63, 3.8) is 0 Å². The minimum absolute atomic E-state index is 0.0461. The SMILES string of the molecule is C#CCCCCC(=O)NC1CCCCCC1C(=O)O. The lowest BCUT2D eigenvalue weighted by molar-refractivity contribution is -0.143. The molecule has 1 saturated carbocycles. The third kappa shape index (κ3) is 5.78. The molecule has 1 rings (SSSR count). The van der Waals surface area contributed by atoms with Crippen molar-refractivity contribution >= 4 is 11.9 Å². The van der Waals surface area contributed by atoms with Crippen molar-refractivity contribution < 1.29 is 14.7 Å². The highest BCUT2D eigenvalue weighted by Gasteiger charge is 2.30. The van der Waals surface area contributed by atoms with Gasteiger partial charge in [0.2, 0.25) is 5.91 Å². The summed E-state index contributed by atoms with van der Waals surface area (Å²) in [5.41, 5.74) is 0. The van der Waals surface area contributed by atoms with Gasteiger partial charge in [-0.05, 0) is 25.7 Å². The normalized spacial score (nSPS) is 23.1. The van der Waals surface area contributed by atoms with Crippen LogP contribution in [0, 0.1) is 18.3 Å². The minimum Gasteiger partial charge on any atom is -0.481 e. The average Bonchev–Trinajstić information content (AvgIpc) is 2.60. The summed E-state index contributed by atoms with van der Waals surface area (Å²) in [4.78, 5) is 23.0. The fourth-order valence-corrected chi connectivity index (χ4v) is 2.57. The number of nitrogens with one attached hydrogen (secondary N) is 1. The van der Waals surface area contributed by atoms with Crippen molar-refractivity contribution in [2.75, 3.05) is 0 Å². The zero-order valence-corrected chi connectivity index (χ0v) is 11.4. The maximum Gasteiger partial charge on any atom is 0.308 e. The second-order valence-electron chi connectivity index (χ2n) is 5.17. The molecule has 1 aliphatic rings. The van der Waals surface area contributed by atoms with Crippen LogP contribution in [0.5, 0.6) is 0 Å². The van der Waals surface area contributed by atoms with E-state index in [1.54, 1.807) is 0 Å². The van der Waals surface area contributed by atoms with Gasteiger partial charge in [0.25, 0.3) is 0 Å². The van der Waals surface area contributed by atoms with Gasteiger partial charge in [-0.15, -0.1) is 12.3 Å². The molecule has 0 radical (unpaired) electrons. The van der Waals surface area contributed by atoms with Gasteiger partial charge in [0.05, 0.1) is 5.92 Å². The van der Waals surface area contributed by atoms with E-state index in [2.05, 4.69) is 11.2 Å². The second kappa shape index (κ2) is 8.58. The lowest BCUT2D eigenvalue weighted by Gasteiger charge is -2.22. The molecule has 106 valence electrons. The van der Waals surface area contributed by atoms with Crippen molar-refractivity contribution in [1.82, 2.24) is 5.32 Å². The summed E-state index contributed by atoms with van der Waals surface area (Å²) in [5.74, 6) is 1.27. The van der Waals surface area contributed by atoms with Crippen molar-refractivity contribution in [1.29, 1.82) is 0 Å². The predicted octanol–water partition coefficient (Wildman–Crippen LogP) is 2.33. The third-order valence-electron chi connectivity index (χ3n) is 3.65. The van der Waals surface area contributed by atoms with E-state index in [0.29, 0.717) is 19.3 Å². The van der Waals surface area contributed by atoms with Crippen LogP contribution in [0.4, 0.5) is 0 Å². The zero-order valence-electron chi connectivity index (χ0n) is 11.4. The van der Waals surface area contributed by atoms with Crippen LogP contribution in [0.2, 0.25) is 0 Å². The molecule has 0 aliphatic heterocycles. The number of carbonyl (C=O) groups is 2. The van der Waals surface area contributed by atoms with Gasteiger partial charge < -0.3 is 10.4 Å². The number of carbonyl (C=O) groups excluding carboxylic acids is 1. The molecule has 0 aromatic rings. The molecule has 0 spiro atoms. The van der Waals surface area contributed by atoms with Crippen LogP contribution in [0.25, 0.3) is 0 Å². The Morgan fingerprint density at radius 3 is 2.63 bits per heavy atom. The summed E-state index contributed by atoms with van der Waals surface area (Å²) in [6.45, 7) is 0. The van der Waals surface area contributed by atoms with Crippen LogP contribution in [0.3, 0.4) is 0 Å². The lowest BCUT2D eigenvalue weighted by Crippen LogP contribution is -2.42. The molecule has 0 bridgehead atoms. The number of carboxylic acids is 1. The molecule has 4 nitrogen and oxygen atoms in total. The van der Waals surface area contributed by atoms with Gasteiger partial charge in [-0.3, -0.25) is 9.59 Å². The Balaban J connectivity index is 2.40. The lowest BCUT2D eigenvalue weighted by atomic mass is 9.94. The Bertz CT molecular complexity index is 346. The highest BCUT2D eigenvalue weighted by atomic mass is 16.4. The molecule has 0 aromatic heterocycles. The highest BCUT2D eigenvalue weighted by molar-refractivity contribution is 5.78. The summed E-state index contributed by atoms with van der Waals surface area (Å²) in [7, 11) is 0. The van der Waals surface area contributed by atoms with E-state index >= 15 is 0 Å². The summed E-state index contributed by atoms with van der Waals surface area (Å²) in [6, 6.07) is -0.208. The van der Waals surface area contributed by atoms with Crippen LogP contribution < -0.4 is 5.32 Å². The van der Waals surface area contributed by atoms with Gasteiger partial charge in [-0.1, -0.05) is 19.3 Å². The maximum absolute atomic E-state index is 11.8. The Labute approximate surface area is 115 Å². The Morgan fingerprint density at radius 2 is 1.95 bits per heavy atom. The molecule has 0 aromatic carbocycles. The van der Waals surface area contributed by atoms with E-state index in [9.17, 15) is 14.7 Å². The molecule has 2 N–H and O–H groups in total. The van der Waals surface area contributed by atoms with E-state index in [1.807, 2.05) is 0 Å². The number of hydrogen-bond donors (Lipinski definition) is 2. The van der Waals surface area contributed by atoms with Gasteiger partial charge in [0.15, 0.2) is 0 Å². The first-order valence-electron chi connectivity index (χ1n) is 7.10.